The van der Waals surface area contributed by atoms with Gasteiger partial charge >= 0.3 is 0 Å². The molecule has 0 saturated carbocycles. The maximum absolute atomic E-state index is 5.63. The first-order valence-electron chi connectivity index (χ1n) is 4.77. The first-order chi connectivity index (χ1) is 7.84. The Morgan fingerprint density at radius 1 is 1.12 bits per heavy atom. The third-order valence-electron chi connectivity index (χ3n) is 2.32. The summed E-state index contributed by atoms with van der Waals surface area (Å²) in [5.41, 5.74) is 7.15. The summed E-state index contributed by atoms with van der Waals surface area (Å²) in [6.07, 6.45) is 3.39. The van der Waals surface area contributed by atoms with Crippen molar-refractivity contribution in [1.29, 1.82) is 0 Å². The molecule has 1 aromatic carbocycles. The zero-order valence-corrected chi connectivity index (χ0v) is 8.29. The molecule has 78 valence electrons. The average Bonchev–Trinajstić information content (AvgIpc) is 2.72. The van der Waals surface area contributed by atoms with Crippen molar-refractivity contribution in [3.05, 3.63) is 36.7 Å². The summed E-state index contributed by atoms with van der Waals surface area (Å²) < 4.78 is 5.08. The van der Waals surface area contributed by atoms with Gasteiger partial charge in [0, 0.05) is 18.0 Å². The van der Waals surface area contributed by atoms with Crippen molar-refractivity contribution in [3.63, 3.8) is 0 Å². The van der Waals surface area contributed by atoms with Gasteiger partial charge in [0.25, 0.3) is 0 Å². The molecule has 2 N–H and O–H groups in total. The standard InChI is InChI=1S/C11H8N4O/c12-10-8-3-2-7(6-9(8)16-15-10)11-13-4-1-5-14-11/h1-6H,(H2,12,15). The van der Waals surface area contributed by atoms with Gasteiger partial charge in [0.2, 0.25) is 0 Å². The molecule has 2 heterocycles. The van der Waals surface area contributed by atoms with Crippen LogP contribution in [0.5, 0.6) is 0 Å². The summed E-state index contributed by atoms with van der Waals surface area (Å²) in [6, 6.07) is 7.35. The molecule has 0 aliphatic heterocycles. The van der Waals surface area contributed by atoms with E-state index in [4.69, 9.17) is 10.3 Å². The molecule has 0 fully saturated rings. The van der Waals surface area contributed by atoms with E-state index in [0.29, 0.717) is 17.2 Å². The Morgan fingerprint density at radius 3 is 2.75 bits per heavy atom. The highest BCUT2D eigenvalue weighted by molar-refractivity contribution is 5.89. The van der Waals surface area contributed by atoms with Gasteiger partial charge in [-0.1, -0.05) is 11.2 Å². The summed E-state index contributed by atoms with van der Waals surface area (Å²) in [7, 11) is 0. The highest BCUT2D eigenvalue weighted by atomic mass is 16.5. The Bertz CT molecular complexity index is 633. The molecule has 0 atom stereocenters. The number of aromatic nitrogens is 3. The van der Waals surface area contributed by atoms with Crippen molar-refractivity contribution in [1.82, 2.24) is 15.1 Å². The molecule has 0 unspecified atom stereocenters. The lowest BCUT2D eigenvalue weighted by Gasteiger charge is -1.97. The Morgan fingerprint density at radius 2 is 1.94 bits per heavy atom. The second-order valence-electron chi connectivity index (χ2n) is 3.35. The van der Waals surface area contributed by atoms with Gasteiger partial charge < -0.3 is 10.3 Å². The molecule has 5 heteroatoms. The Labute approximate surface area is 90.9 Å². The van der Waals surface area contributed by atoms with E-state index in [2.05, 4.69) is 15.1 Å². The van der Waals surface area contributed by atoms with Gasteiger partial charge in [0.15, 0.2) is 17.2 Å². The van der Waals surface area contributed by atoms with Crippen LogP contribution >= 0.6 is 0 Å². The van der Waals surface area contributed by atoms with Crippen LogP contribution in [0.15, 0.2) is 41.2 Å². The quantitative estimate of drug-likeness (QED) is 0.666. The number of nitrogen functional groups attached to an aromatic ring is 1. The third kappa shape index (κ3) is 1.30. The molecule has 2 aromatic heterocycles. The average molecular weight is 212 g/mol. The Balaban J connectivity index is 2.19. The fourth-order valence-electron chi connectivity index (χ4n) is 1.54. The van der Waals surface area contributed by atoms with Crippen LogP contribution in [-0.4, -0.2) is 15.1 Å². The van der Waals surface area contributed by atoms with Crippen LogP contribution in [0.25, 0.3) is 22.4 Å². The SMILES string of the molecule is Nc1noc2cc(-c3ncccn3)ccc12. The molecular weight excluding hydrogens is 204 g/mol. The molecule has 16 heavy (non-hydrogen) atoms. The molecule has 0 aliphatic carbocycles. The first kappa shape index (κ1) is 8.84. The predicted molar refractivity (Wildman–Crippen MR) is 59.4 cm³/mol. The monoisotopic (exact) mass is 212 g/mol. The van der Waals surface area contributed by atoms with Gasteiger partial charge in [-0.15, -0.1) is 0 Å². The van der Waals surface area contributed by atoms with Crippen LogP contribution in [0.2, 0.25) is 0 Å². The number of nitrogens with zero attached hydrogens (tertiary/aromatic N) is 3. The van der Waals surface area contributed by atoms with Crippen LogP contribution in [-0.2, 0) is 0 Å². The number of nitrogens with two attached hydrogens (primary N) is 1. The molecular formula is C11H8N4O. The summed E-state index contributed by atoms with van der Waals surface area (Å²) in [5.74, 6) is 1.05. The number of rotatable bonds is 1. The summed E-state index contributed by atoms with van der Waals surface area (Å²) in [6.45, 7) is 0. The highest BCUT2D eigenvalue weighted by Gasteiger charge is 2.07. The highest BCUT2D eigenvalue weighted by Crippen LogP contribution is 2.24. The maximum atomic E-state index is 5.63. The van der Waals surface area contributed by atoms with E-state index in [9.17, 15) is 0 Å². The van der Waals surface area contributed by atoms with Crippen LogP contribution in [0.3, 0.4) is 0 Å². The van der Waals surface area contributed by atoms with Crippen molar-refractivity contribution in [2.45, 2.75) is 0 Å². The molecule has 0 aliphatic rings. The van der Waals surface area contributed by atoms with E-state index in [1.165, 1.54) is 0 Å². The molecule has 0 bridgehead atoms. The maximum Gasteiger partial charge on any atom is 0.174 e. The second-order valence-corrected chi connectivity index (χ2v) is 3.35. The van der Waals surface area contributed by atoms with Crippen molar-refractivity contribution in [3.8, 4) is 11.4 Å². The lowest BCUT2D eigenvalue weighted by Crippen LogP contribution is -1.86. The number of benzene rings is 1. The van der Waals surface area contributed by atoms with Gasteiger partial charge in [-0.3, -0.25) is 0 Å². The fourth-order valence-corrected chi connectivity index (χ4v) is 1.54. The van der Waals surface area contributed by atoms with E-state index in [-0.39, 0.29) is 0 Å². The van der Waals surface area contributed by atoms with Crippen LogP contribution in [0.4, 0.5) is 5.82 Å². The molecule has 5 nitrogen and oxygen atoms in total. The topological polar surface area (TPSA) is 77.8 Å². The Kier molecular flexibility index (Phi) is 1.83. The third-order valence-corrected chi connectivity index (χ3v) is 2.32. The minimum absolute atomic E-state index is 0.399. The molecule has 0 spiro atoms. The van der Waals surface area contributed by atoms with Gasteiger partial charge in [0.05, 0.1) is 5.39 Å². The Hall–Kier alpha value is -2.43. The number of fused-ring (bicyclic) bond motifs is 1. The summed E-state index contributed by atoms with van der Waals surface area (Å²) in [4.78, 5) is 8.32. The molecule has 0 saturated heterocycles. The van der Waals surface area contributed by atoms with Gasteiger partial charge in [-0.05, 0) is 18.2 Å². The fraction of sp³-hybridized carbons (Fsp3) is 0. The molecule has 3 aromatic rings. The number of hydrogen-bond acceptors (Lipinski definition) is 5. The smallest absolute Gasteiger partial charge is 0.174 e. The van der Waals surface area contributed by atoms with Gasteiger partial charge in [-0.25, -0.2) is 9.97 Å². The van der Waals surface area contributed by atoms with Gasteiger partial charge in [-0.2, -0.15) is 0 Å². The molecule has 3 rings (SSSR count). The molecule has 0 amide bonds. The predicted octanol–water partition coefficient (Wildman–Crippen LogP) is 1.87. The minimum Gasteiger partial charge on any atom is -0.380 e. The van der Waals surface area contributed by atoms with Crippen molar-refractivity contribution in [2.24, 2.45) is 0 Å². The number of anilines is 1. The van der Waals surface area contributed by atoms with Crippen LogP contribution in [0, 0.1) is 0 Å². The minimum atomic E-state index is 0.399. The van der Waals surface area contributed by atoms with E-state index in [0.717, 1.165) is 10.9 Å². The second kappa shape index (κ2) is 3.30. The number of hydrogen-bond donors (Lipinski definition) is 1. The van der Waals surface area contributed by atoms with E-state index < -0.39 is 0 Å². The van der Waals surface area contributed by atoms with E-state index in [1.807, 2.05) is 18.2 Å². The van der Waals surface area contributed by atoms with Gasteiger partial charge in [0.1, 0.15) is 0 Å². The van der Waals surface area contributed by atoms with Crippen LogP contribution < -0.4 is 5.73 Å². The lowest BCUT2D eigenvalue weighted by atomic mass is 10.1. The normalized spacial score (nSPS) is 10.8. The van der Waals surface area contributed by atoms with Crippen molar-refractivity contribution < 1.29 is 4.52 Å². The van der Waals surface area contributed by atoms with Crippen molar-refractivity contribution >= 4 is 16.8 Å². The summed E-state index contributed by atoms with van der Waals surface area (Å²) >= 11 is 0. The summed E-state index contributed by atoms with van der Waals surface area (Å²) in [5, 5.41) is 4.50. The van der Waals surface area contributed by atoms with E-state index in [1.54, 1.807) is 18.5 Å². The largest absolute Gasteiger partial charge is 0.380 e. The first-order valence-corrected chi connectivity index (χ1v) is 4.77. The lowest BCUT2D eigenvalue weighted by molar-refractivity contribution is 0.460. The van der Waals surface area contributed by atoms with Crippen molar-refractivity contribution in [2.75, 3.05) is 5.73 Å². The van der Waals surface area contributed by atoms with Crippen LogP contribution in [0.1, 0.15) is 0 Å². The molecule has 0 radical (unpaired) electrons. The zero-order valence-electron chi connectivity index (χ0n) is 8.29. The van der Waals surface area contributed by atoms with E-state index >= 15 is 0 Å². The zero-order chi connectivity index (χ0) is 11.0.